The van der Waals surface area contributed by atoms with E-state index in [-0.39, 0.29) is 49.5 Å². The lowest BCUT2D eigenvalue weighted by atomic mass is 9.98. The number of halogens is 1. The number of carbonyl (C=O) groups excluding carboxylic acids is 1. The number of amides is 1. The molecule has 2 aromatic rings. The van der Waals surface area contributed by atoms with Gasteiger partial charge in [0, 0.05) is 25.4 Å². The molecule has 3 rings (SSSR count). The van der Waals surface area contributed by atoms with Crippen molar-refractivity contribution in [3.63, 3.8) is 0 Å². The molecule has 0 aliphatic carbocycles. The minimum atomic E-state index is -4.09. The lowest BCUT2D eigenvalue weighted by molar-refractivity contribution is -0.124. The number of aliphatic hydroxyl groups is 1. The summed E-state index contributed by atoms with van der Waals surface area (Å²) in [4.78, 5) is 13.1. The molecule has 1 aliphatic rings. The topological polar surface area (TPSA) is 165 Å². The normalized spacial score (nSPS) is 15.7. The predicted octanol–water partition coefficient (Wildman–Crippen LogP) is 1.72. The van der Waals surface area contributed by atoms with Gasteiger partial charge in [0.1, 0.15) is 6.04 Å². The van der Waals surface area contributed by atoms with Crippen molar-refractivity contribution >= 4 is 38.2 Å². The number of sulfonamides is 1. The maximum absolute atomic E-state index is 13.7. The summed E-state index contributed by atoms with van der Waals surface area (Å²) in [6, 6.07) is 10.9. The van der Waals surface area contributed by atoms with Gasteiger partial charge >= 0.3 is 0 Å². The van der Waals surface area contributed by atoms with Crippen molar-refractivity contribution in [1.29, 1.82) is 0 Å². The van der Waals surface area contributed by atoms with Gasteiger partial charge in [0.05, 0.1) is 21.8 Å². The number of carbonyl (C=O) groups is 1. The average molecular weight is 634 g/mol. The van der Waals surface area contributed by atoms with E-state index in [0.717, 1.165) is 11.8 Å². The third kappa shape index (κ3) is 8.33. The van der Waals surface area contributed by atoms with E-state index in [9.17, 15) is 26.7 Å². The first-order valence-electron chi connectivity index (χ1n) is 12.9. The van der Waals surface area contributed by atoms with Crippen molar-refractivity contribution in [1.82, 2.24) is 9.62 Å². The molecule has 0 aromatic heterocycles. The number of ether oxygens (including phenoxy) is 2. The van der Waals surface area contributed by atoms with E-state index in [1.54, 1.807) is 12.1 Å². The fraction of sp³-hybridized carbons (Fsp3) is 0.519. The fourth-order valence-corrected chi connectivity index (χ4v) is 6.38. The van der Waals surface area contributed by atoms with E-state index < -0.39 is 48.7 Å². The van der Waals surface area contributed by atoms with Crippen LogP contribution >= 0.6 is 12.4 Å². The van der Waals surface area contributed by atoms with Crippen molar-refractivity contribution in [2.24, 2.45) is 11.7 Å². The highest BCUT2D eigenvalue weighted by molar-refractivity contribution is 7.92. The van der Waals surface area contributed by atoms with Gasteiger partial charge in [-0.3, -0.25) is 4.79 Å². The largest absolute Gasteiger partial charge is 0.454 e. The van der Waals surface area contributed by atoms with Crippen LogP contribution in [-0.4, -0.2) is 81.2 Å². The Bertz CT molecular complexity index is 1400. The number of nitrogens with one attached hydrogen (secondary N) is 1. The summed E-state index contributed by atoms with van der Waals surface area (Å²) in [6.07, 6.45) is -0.208. The molecular formula is C27H40ClN3O8S2. The predicted molar refractivity (Wildman–Crippen MR) is 158 cm³/mol. The quantitative estimate of drug-likeness (QED) is 0.298. The first-order valence-corrected chi connectivity index (χ1v) is 16.2. The van der Waals surface area contributed by atoms with Gasteiger partial charge in [0.15, 0.2) is 21.3 Å². The van der Waals surface area contributed by atoms with Crippen LogP contribution in [0.2, 0.25) is 0 Å². The number of fused-ring (bicyclic) bond motifs is 1. The maximum atomic E-state index is 13.7. The van der Waals surface area contributed by atoms with Crippen LogP contribution < -0.4 is 20.5 Å². The second kappa shape index (κ2) is 13.7. The van der Waals surface area contributed by atoms with Crippen LogP contribution in [0, 0.1) is 5.92 Å². The zero-order valence-electron chi connectivity index (χ0n) is 23.8. The molecular weight excluding hydrogens is 594 g/mol. The molecule has 0 saturated carbocycles. The number of benzene rings is 2. The van der Waals surface area contributed by atoms with Crippen molar-refractivity contribution in [2.45, 2.75) is 61.9 Å². The maximum Gasteiger partial charge on any atom is 0.243 e. The van der Waals surface area contributed by atoms with Crippen LogP contribution in [0.1, 0.15) is 33.3 Å². The molecule has 230 valence electrons. The first-order chi connectivity index (χ1) is 18.5. The van der Waals surface area contributed by atoms with Crippen molar-refractivity contribution < 1.29 is 36.2 Å². The molecule has 41 heavy (non-hydrogen) atoms. The van der Waals surface area contributed by atoms with E-state index in [1.165, 1.54) is 36.4 Å². The molecule has 2 aromatic carbocycles. The molecule has 1 aliphatic heterocycles. The van der Waals surface area contributed by atoms with E-state index >= 15 is 0 Å². The van der Waals surface area contributed by atoms with Crippen molar-refractivity contribution in [3.8, 4) is 11.5 Å². The van der Waals surface area contributed by atoms with Crippen molar-refractivity contribution in [3.05, 3.63) is 54.1 Å². The Morgan fingerprint density at radius 3 is 2.24 bits per heavy atom. The second-order valence-electron chi connectivity index (χ2n) is 11.0. The zero-order valence-corrected chi connectivity index (χ0v) is 26.3. The molecule has 0 saturated heterocycles. The summed E-state index contributed by atoms with van der Waals surface area (Å²) in [5, 5.41) is 14.1. The van der Waals surface area contributed by atoms with E-state index in [1.807, 2.05) is 32.0 Å². The first kappa shape index (κ1) is 34.8. The van der Waals surface area contributed by atoms with E-state index in [0.29, 0.717) is 11.5 Å². The van der Waals surface area contributed by atoms with Crippen LogP contribution in [0.3, 0.4) is 0 Å². The Hall–Kier alpha value is -2.42. The van der Waals surface area contributed by atoms with Gasteiger partial charge in [-0.25, -0.2) is 16.8 Å². The monoisotopic (exact) mass is 633 g/mol. The molecule has 0 spiro atoms. The smallest absolute Gasteiger partial charge is 0.243 e. The van der Waals surface area contributed by atoms with Crippen LogP contribution in [0.25, 0.3) is 0 Å². The van der Waals surface area contributed by atoms with Gasteiger partial charge in [0.2, 0.25) is 22.7 Å². The SMILES string of the molecule is CC(C)CN(C[C@@H](O)[C@H](Cc1ccccc1)NC(=O)[C@@H](N)C(C)(C)S(C)(=O)=O)S(=O)(=O)c1ccc2c(c1)OCO2.Cl. The summed E-state index contributed by atoms with van der Waals surface area (Å²) in [7, 11) is -7.79. The highest BCUT2D eigenvalue weighted by Crippen LogP contribution is 2.35. The highest BCUT2D eigenvalue weighted by atomic mass is 35.5. The minimum absolute atomic E-state index is 0. The van der Waals surface area contributed by atoms with Crippen LogP contribution in [0.4, 0.5) is 0 Å². The Kier molecular flexibility index (Phi) is 11.6. The third-order valence-electron chi connectivity index (χ3n) is 7.02. The highest BCUT2D eigenvalue weighted by Gasteiger charge is 2.42. The van der Waals surface area contributed by atoms with Gasteiger partial charge in [0.25, 0.3) is 0 Å². The second-order valence-corrected chi connectivity index (χ2v) is 15.5. The zero-order chi connectivity index (χ0) is 29.9. The fourth-order valence-electron chi connectivity index (χ4n) is 4.17. The lowest BCUT2D eigenvalue weighted by Crippen LogP contribution is -2.60. The number of sulfone groups is 1. The van der Waals surface area contributed by atoms with Crippen molar-refractivity contribution in [2.75, 3.05) is 26.1 Å². The molecule has 0 bridgehead atoms. The molecule has 0 radical (unpaired) electrons. The molecule has 14 heteroatoms. The molecule has 4 N–H and O–H groups in total. The summed E-state index contributed by atoms with van der Waals surface area (Å²) < 4.78 is 62.2. The van der Waals surface area contributed by atoms with Gasteiger partial charge < -0.3 is 25.6 Å². The third-order valence-corrected chi connectivity index (χ3v) is 11.0. The number of hydrogen-bond acceptors (Lipinski definition) is 9. The lowest BCUT2D eigenvalue weighted by Gasteiger charge is -2.33. The standard InChI is InChI=1S/C27H39N3O8S2.ClH/c1-18(2)15-30(40(35,36)20-11-12-23-24(14-20)38-17-37-23)16-22(31)21(13-19-9-7-6-8-10-19)29-26(32)25(28)27(3,4)39(5,33)34;/h6-12,14,18,21-22,25,31H,13,15-17,28H2,1-5H3,(H,29,32);1H/t21-,22+,25+;/m0./s1. The molecule has 1 heterocycles. The summed E-state index contributed by atoms with van der Waals surface area (Å²) >= 11 is 0. The Labute approximate surface area is 248 Å². The molecule has 0 fully saturated rings. The Balaban J connectivity index is 0.00000588. The number of nitrogens with two attached hydrogens (primary N) is 1. The van der Waals surface area contributed by atoms with Gasteiger partial charge in [-0.15, -0.1) is 12.4 Å². The van der Waals surface area contributed by atoms with Gasteiger partial charge in [-0.1, -0.05) is 44.2 Å². The van der Waals surface area contributed by atoms with E-state index in [2.05, 4.69) is 5.32 Å². The summed E-state index contributed by atoms with van der Waals surface area (Å²) in [5.41, 5.74) is 6.85. The molecule has 1 amide bonds. The van der Waals surface area contributed by atoms with Gasteiger partial charge in [-0.2, -0.15) is 4.31 Å². The number of rotatable bonds is 13. The van der Waals surface area contributed by atoms with Crippen LogP contribution in [-0.2, 0) is 31.1 Å². The van der Waals surface area contributed by atoms with Crippen LogP contribution in [0.15, 0.2) is 53.4 Å². The van der Waals surface area contributed by atoms with E-state index in [4.69, 9.17) is 15.2 Å². The number of aliphatic hydroxyl groups excluding tert-OH is 1. The van der Waals surface area contributed by atoms with Crippen LogP contribution in [0.5, 0.6) is 11.5 Å². The minimum Gasteiger partial charge on any atom is -0.454 e. The number of nitrogens with zero attached hydrogens (tertiary/aromatic N) is 1. The average Bonchev–Trinajstić information content (AvgIpc) is 3.35. The molecule has 0 unspecified atom stereocenters. The number of hydrogen-bond donors (Lipinski definition) is 3. The Morgan fingerprint density at radius 1 is 1.05 bits per heavy atom. The summed E-state index contributed by atoms with van der Waals surface area (Å²) in [5.74, 6) is -0.109. The molecule has 3 atom stereocenters. The van der Waals surface area contributed by atoms with Gasteiger partial charge in [-0.05, 0) is 43.9 Å². The Morgan fingerprint density at radius 2 is 1.66 bits per heavy atom. The molecule has 11 nitrogen and oxygen atoms in total. The summed E-state index contributed by atoms with van der Waals surface area (Å²) in [6.45, 7) is 6.17.